The number of hydrogen-bond acceptors (Lipinski definition) is 3. The van der Waals surface area contributed by atoms with Crippen LogP contribution in [0.1, 0.15) is 30.0 Å². The molecule has 1 N–H and O–H groups in total. The summed E-state index contributed by atoms with van der Waals surface area (Å²) in [5.41, 5.74) is 3.91. The van der Waals surface area contributed by atoms with Crippen LogP contribution < -0.4 is 0 Å². The lowest BCUT2D eigenvalue weighted by Crippen LogP contribution is -2.37. The molecule has 1 aliphatic rings. The van der Waals surface area contributed by atoms with Crippen LogP contribution in [0.2, 0.25) is 0 Å². The van der Waals surface area contributed by atoms with Crippen LogP contribution in [-0.4, -0.2) is 33.2 Å². The molecule has 106 valence electrons. The zero-order valence-corrected chi connectivity index (χ0v) is 13.7. The fraction of sp³-hybridized carbons (Fsp3) is 0.625. The molecule has 3 unspecified atom stereocenters. The Morgan fingerprint density at radius 1 is 1.21 bits per heavy atom. The molecule has 0 bridgehead atoms. The minimum absolute atomic E-state index is 0.218. The molecule has 1 saturated heterocycles. The van der Waals surface area contributed by atoms with Crippen molar-refractivity contribution in [1.82, 2.24) is 0 Å². The van der Waals surface area contributed by atoms with Gasteiger partial charge in [0.15, 0.2) is 0 Å². The molecule has 1 aliphatic heterocycles. The van der Waals surface area contributed by atoms with Crippen LogP contribution in [0, 0.1) is 13.8 Å². The molecule has 1 heterocycles. The van der Waals surface area contributed by atoms with Crippen LogP contribution in [0.4, 0.5) is 0 Å². The Morgan fingerprint density at radius 3 is 2.63 bits per heavy atom. The van der Waals surface area contributed by atoms with Crippen molar-refractivity contribution in [2.75, 3.05) is 11.5 Å². The lowest BCUT2D eigenvalue weighted by molar-refractivity contribution is 0.169. The summed E-state index contributed by atoms with van der Waals surface area (Å²) in [6, 6.07) is 6.55. The van der Waals surface area contributed by atoms with Gasteiger partial charge in [-0.1, -0.05) is 25.1 Å². The highest BCUT2D eigenvalue weighted by Crippen LogP contribution is 2.36. The molecular formula is C16H24OS2. The van der Waals surface area contributed by atoms with Crippen LogP contribution in [0.5, 0.6) is 0 Å². The predicted octanol–water partition coefficient (Wildman–Crippen LogP) is 3.83. The van der Waals surface area contributed by atoms with Gasteiger partial charge in [0, 0.05) is 22.0 Å². The first-order chi connectivity index (χ1) is 9.11. The van der Waals surface area contributed by atoms with E-state index in [4.69, 9.17) is 0 Å². The van der Waals surface area contributed by atoms with E-state index < -0.39 is 0 Å². The number of hydrogen-bond donors (Lipinski definition) is 1. The third kappa shape index (κ3) is 3.93. The lowest BCUT2D eigenvalue weighted by atomic mass is 9.99. The van der Waals surface area contributed by atoms with Gasteiger partial charge in [0.2, 0.25) is 0 Å². The highest BCUT2D eigenvalue weighted by Gasteiger charge is 2.30. The Balaban J connectivity index is 2.02. The highest BCUT2D eigenvalue weighted by molar-refractivity contribution is 8.07. The second-order valence-corrected chi connectivity index (χ2v) is 7.98. The van der Waals surface area contributed by atoms with Crippen LogP contribution in [0.3, 0.4) is 0 Å². The van der Waals surface area contributed by atoms with Crippen molar-refractivity contribution < 1.29 is 5.11 Å². The Labute approximate surface area is 125 Å². The summed E-state index contributed by atoms with van der Waals surface area (Å²) in [6.07, 6.45) is 1.73. The van der Waals surface area contributed by atoms with Crippen LogP contribution >= 0.6 is 23.5 Å². The van der Waals surface area contributed by atoms with Crippen molar-refractivity contribution in [1.29, 1.82) is 0 Å². The Morgan fingerprint density at radius 2 is 1.95 bits per heavy atom. The second kappa shape index (κ2) is 7.05. The van der Waals surface area contributed by atoms with E-state index in [-0.39, 0.29) is 6.10 Å². The molecule has 1 aromatic rings. The van der Waals surface area contributed by atoms with Gasteiger partial charge in [0.1, 0.15) is 0 Å². The summed E-state index contributed by atoms with van der Waals surface area (Å²) in [5, 5.41) is 11.6. The monoisotopic (exact) mass is 296 g/mol. The molecule has 3 heteroatoms. The summed E-state index contributed by atoms with van der Waals surface area (Å²) in [4.78, 5) is 0. The van der Waals surface area contributed by atoms with Crippen molar-refractivity contribution >= 4 is 23.5 Å². The third-order valence-corrected chi connectivity index (χ3v) is 7.28. The first kappa shape index (κ1) is 15.3. The number of aryl methyl sites for hydroxylation is 2. The molecule has 1 fully saturated rings. The maximum atomic E-state index is 10.6. The summed E-state index contributed by atoms with van der Waals surface area (Å²) in [5.74, 6) is 2.41. The average Bonchev–Trinajstić information content (AvgIpc) is 2.43. The van der Waals surface area contributed by atoms with Gasteiger partial charge in [-0.25, -0.2) is 0 Å². The summed E-state index contributed by atoms with van der Waals surface area (Å²) in [7, 11) is 0. The van der Waals surface area contributed by atoms with Gasteiger partial charge < -0.3 is 5.11 Å². The quantitative estimate of drug-likeness (QED) is 0.912. The third-order valence-electron chi connectivity index (χ3n) is 3.89. The molecule has 1 nitrogen and oxygen atoms in total. The van der Waals surface area contributed by atoms with Gasteiger partial charge in [-0.05, 0) is 43.4 Å². The smallest absolute Gasteiger partial charge is 0.0709 e. The molecule has 0 radical (unpaired) electrons. The number of aliphatic hydroxyl groups is 1. The molecule has 0 aliphatic carbocycles. The number of rotatable bonds is 4. The van der Waals surface area contributed by atoms with E-state index in [9.17, 15) is 5.11 Å². The lowest BCUT2D eigenvalue weighted by Gasteiger charge is -2.33. The first-order valence-corrected chi connectivity index (χ1v) is 9.19. The zero-order chi connectivity index (χ0) is 13.8. The highest BCUT2D eigenvalue weighted by atomic mass is 32.2. The Hall–Kier alpha value is -0.120. The van der Waals surface area contributed by atoms with Gasteiger partial charge in [-0.15, -0.1) is 0 Å². The fourth-order valence-electron chi connectivity index (χ4n) is 2.58. The molecule has 0 amide bonds. The predicted molar refractivity (Wildman–Crippen MR) is 88.4 cm³/mol. The number of benzene rings is 1. The van der Waals surface area contributed by atoms with E-state index in [1.165, 1.54) is 28.2 Å². The van der Waals surface area contributed by atoms with Crippen molar-refractivity contribution in [3.05, 3.63) is 34.9 Å². The van der Waals surface area contributed by atoms with E-state index in [0.717, 1.165) is 12.8 Å². The van der Waals surface area contributed by atoms with E-state index in [1.807, 2.05) is 23.5 Å². The minimum Gasteiger partial charge on any atom is -0.392 e. The van der Waals surface area contributed by atoms with Gasteiger partial charge in [-0.3, -0.25) is 0 Å². The molecule has 0 spiro atoms. The van der Waals surface area contributed by atoms with E-state index >= 15 is 0 Å². The molecular weight excluding hydrogens is 272 g/mol. The molecule has 1 aromatic carbocycles. The van der Waals surface area contributed by atoms with Crippen molar-refractivity contribution in [3.8, 4) is 0 Å². The van der Waals surface area contributed by atoms with Gasteiger partial charge in [0.25, 0.3) is 0 Å². The Kier molecular flexibility index (Phi) is 5.67. The maximum Gasteiger partial charge on any atom is 0.0709 e. The maximum absolute atomic E-state index is 10.6. The van der Waals surface area contributed by atoms with Crippen molar-refractivity contribution in [2.45, 2.75) is 50.2 Å². The van der Waals surface area contributed by atoms with Crippen molar-refractivity contribution in [2.24, 2.45) is 0 Å². The molecule has 0 saturated carbocycles. The molecule has 3 atom stereocenters. The first-order valence-electron chi connectivity index (χ1n) is 7.09. The molecule has 0 aromatic heterocycles. The average molecular weight is 297 g/mol. The van der Waals surface area contributed by atoms with Crippen LogP contribution in [-0.2, 0) is 6.42 Å². The zero-order valence-electron chi connectivity index (χ0n) is 12.1. The summed E-state index contributed by atoms with van der Waals surface area (Å²) >= 11 is 3.99. The summed E-state index contributed by atoms with van der Waals surface area (Å²) < 4.78 is 0. The van der Waals surface area contributed by atoms with Gasteiger partial charge >= 0.3 is 0 Å². The normalized spacial score (nSPS) is 25.3. The van der Waals surface area contributed by atoms with Gasteiger partial charge in [-0.2, -0.15) is 23.5 Å². The second-order valence-electron chi connectivity index (χ2n) is 5.34. The van der Waals surface area contributed by atoms with E-state index in [0.29, 0.717) is 10.5 Å². The Bertz CT molecular complexity index is 419. The minimum atomic E-state index is -0.218. The number of thioether (sulfide) groups is 2. The largest absolute Gasteiger partial charge is 0.392 e. The SMILES string of the molecule is CCC1SCCSC1C(O)Cc1ccc(C)c(C)c1. The summed E-state index contributed by atoms with van der Waals surface area (Å²) in [6.45, 7) is 6.51. The van der Waals surface area contributed by atoms with E-state index in [2.05, 4.69) is 39.0 Å². The number of aliphatic hydroxyl groups excluding tert-OH is 1. The molecule has 19 heavy (non-hydrogen) atoms. The fourth-order valence-corrected chi connectivity index (χ4v) is 5.73. The topological polar surface area (TPSA) is 20.2 Å². The van der Waals surface area contributed by atoms with E-state index in [1.54, 1.807) is 0 Å². The van der Waals surface area contributed by atoms with Gasteiger partial charge in [0.05, 0.1) is 6.10 Å². The van der Waals surface area contributed by atoms with Crippen molar-refractivity contribution in [3.63, 3.8) is 0 Å². The molecule has 2 rings (SSSR count). The standard InChI is InChI=1S/C16H24OS2/c1-4-15-16(19-8-7-18-15)14(17)10-13-6-5-11(2)12(3)9-13/h5-6,9,14-17H,4,7-8,10H2,1-3H3. The van der Waals surface area contributed by atoms with Crippen LogP contribution in [0.15, 0.2) is 18.2 Å². The van der Waals surface area contributed by atoms with Crippen LogP contribution in [0.25, 0.3) is 0 Å².